The van der Waals surface area contributed by atoms with Crippen LogP contribution in [0.3, 0.4) is 0 Å². The van der Waals surface area contributed by atoms with E-state index >= 15 is 0 Å². The second kappa shape index (κ2) is 7.94. The highest BCUT2D eigenvalue weighted by atomic mass is 16.1. The summed E-state index contributed by atoms with van der Waals surface area (Å²) >= 11 is 0. The Balaban J connectivity index is 1.64. The summed E-state index contributed by atoms with van der Waals surface area (Å²) in [5.74, 6) is 1.44. The normalized spacial score (nSPS) is 15.0. The number of carbonyl (C=O) groups is 1. The smallest absolute Gasteiger partial charge is 0.229 e. The van der Waals surface area contributed by atoms with Gasteiger partial charge in [-0.25, -0.2) is 4.98 Å². The Morgan fingerprint density at radius 1 is 1.08 bits per heavy atom. The second-order valence-electron chi connectivity index (χ2n) is 6.04. The molecule has 0 radical (unpaired) electrons. The maximum atomic E-state index is 11.1. The minimum absolute atomic E-state index is 0.0834. The number of aromatic nitrogens is 2. The predicted octanol–water partition coefficient (Wildman–Crippen LogP) is 2.32. The molecule has 0 atom stereocenters. The Morgan fingerprint density at radius 3 is 2.40 bits per heavy atom. The van der Waals surface area contributed by atoms with Crippen molar-refractivity contribution in [1.82, 2.24) is 14.9 Å². The summed E-state index contributed by atoms with van der Waals surface area (Å²) < 4.78 is 0. The van der Waals surface area contributed by atoms with Crippen molar-refractivity contribution in [3.8, 4) is 0 Å². The van der Waals surface area contributed by atoms with E-state index in [0.717, 1.165) is 49.9 Å². The lowest BCUT2D eigenvalue weighted by Crippen LogP contribution is -2.46. The molecule has 1 aliphatic heterocycles. The molecule has 1 aliphatic rings. The number of carbonyl (C=O) groups excluding carboxylic acids is 1. The van der Waals surface area contributed by atoms with Gasteiger partial charge in [0.25, 0.3) is 0 Å². The Labute approximate surface area is 148 Å². The molecule has 0 unspecified atom stereocenters. The molecule has 7 heteroatoms. The van der Waals surface area contributed by atoms with Gasteiger partial charge in [0.2, 0.25) is 11.9 Å². The Hall–Kier alpha value is -2.67. The van der Waals surface area contributed by atoms with E-state index in [2.05, 4.69) is 37.3 Å². The van der Waals surface area contributed by atoms with Crippen LogP contribution in [0.5, 0.6) is 0 Å². The summed E-state index contributed by atoms with van der Waals surface area (Å²) in [6.07, 6.45) is 1.78. The average Bonchev–Trinajstić information content (AvgIpc) is 2.63. The third-order valence-electron chi connectivity index (χ3n) is 4.25. The van der Waals surface area contributed by atoms with E-state index in [9.17, 15) is 4.79 Å². The zero-order valence-electron chi connectivity index (χ0n) is 14.7. The Bertz CT molecular complexity index is 710. The molecule has 0 spiro atoms. The maximum absolute atomic E-state index is 11.1. The highest BCUT2D eigenvalue weighted by Gasteiger charge is 2.17. The standard InChI is InChI=1S/C18H24N6O/c1-3-23-10-12-24(13-11-23)17-8-9-19-18(22-17)21-16-6-4-15(5-7-16)20-14(2)25/h4-9H,3,10-13H2,1-2H3,(H,20,25)(H,19,21,22). The first kappa shape index (κ1) is 17.2. The summed E-state index contributed by atoms with van der Waals surface area (Å²) in [7, 11) is 0. The zero-order chi connectivity index (χ0) is 17.6. The molecule has 2 N–H and O–H groups in total. The van der Waals surface area contributed by atoms with Gasteiger partial charge in [-0.2, -0.15) is 4.98 Å². The van der Waals surface area contributed by atoms with Gasteiger partial charge >= 0.3 is 0 Å². The number of amides is 1. The molecular formula is C18H24N6O. The molecular weight excluding hydrogens is 316 g/mol. The molecule has 0 bridgehead atoms. The van der Waals surface area contributed by atoms with Crippen LogP contribution >= 0.6 is 0 Å². The monoisotopic (exact) mass is 340 g/mol. The van der Waals surface area contributed by atoms with Crippen molar-refractivity contribution in [2.24, 2.45) is 0 Å². The first-order valence-electron chi connectivity index (χ1n) is 8.59. The molecule has 2 aromatic rings. The first-order chi connectivity index (χ1) is 12.1. The van der Waals surface area contributed by atoms with E-state index in [1.54, 1.807) is 6.20 Å². The number of likely N-dealkylation sites (N-methyl/N-ethyl adjacent to an activating group) is 1. The van der Waals surface area contributed by atoms with Crippen LogP contribution in [0.1, 0.15) is 13.8 Å². The van der Waals surface area contributed by atoms with Crippen LogP contribution < -0.4 is 15.5 Å². The van der Waals surface area contributed by atoms with Crippen molar-refractivity contribution in [1.29, 1.82) is 0 Å². The van der Waals surface area contributed by atoms with Crippen molar-refractivity contribution < 1.29 is 4.79 Å². The number of anilines is 4. The van der Waals surface area contributed by atoms with Gasteiger partial charge in [0.1, 0.15) is 5.82 Å². The molecule has 132 valence electrons. The molecule has 0 aliphatic carbocycles. The number of rotatable bonds is 5. The summed E-state index contributed by atoms with van der Waals surface area (Å²) in [6, 6.07) is 9.42. The highest BCUT2D eigenvalue weighted by Crippen LogP contribution is 2.19. The minimum atomic E-state index is -0.0834. The van der Waals surface area contributed by atoms with Crippen LogP contribution in [0.15, 0.2) is 36.5 Å². The Kier molecular flexibility index (Phi) is 5.45. The molecule has 2 heterocycles. The summed E-state index contributed by atoms with van der Waals surface area (Å²) in [6.45, 7) is 8.87. The van der Waals surface area contributed by atoms with Gasteiger partial charge in [-0.3, -0.25) is 4.79 Å². The molecule has 0 saturated carbocycles. The predicted molar refractivity (Wildman–Crippen MR) is 100 cm³/mol. The lowest BCUT2D eigenvalue weighted by molar-refractivity contribution is -0.114. The molecule has 7 nitrogen and oxygen atoms in total. The van der Waals surface area contributed by atoms with E-state index in [0.29, 0.717) is 5.95 Å². The number of hydrogen-bond donors (Lipinski definition) is 2. The highest BCUT2D eigenvalue weighted by molar-refractivity contribution is 5.88. The molecule has 3 rings (SSSR count). The number of nitrogens with zero attached hydrogens (tertiary/aromatic N) is 4. The number of benzene rings is 1. The third-order valence-corrected chi connectivity index (χ3v) is 4.25. The van der Waals surface area contributed by atoms with Crippen LogP contribution in [0.25, 0.3) is 0 Å². The van der Waals surface area contributed by atoms with Crippen LogP contribution in [-0.2, 0) is 4.79 Å². The maximum Gasteiger partial charge on any atom is 0.229 e. The average molecular weight is 340 g/mol. The van der Waals surface area contributed by atoms with Gasteiger partial charge in [-0.15, -0.1) is 0 Å². The van der Waals surface area contributed by atoms with Crippen molar-refractivity contribution in [2.45, 2.75) is 13.8 Å². The minimum Gasteiger partial charge on any atom is -0.354 e. The van der Waals surface area contributed by atoms with E-state index in [4.69, 9.17) is 0 Å². The van der Waals surface area contributed by atoms with E-state index < -0.39 is 0 Å². The number of nitrogens with one attached hydrogen (secondary N) is 2. The fraction of sp³-hybridized carbons (Fsp3) is 0.389. The summed E-state index contributed by atoms with van der Waals surface area (Å²) in [4.78, 5) is 24.7. The quantitative estimate of drug-likeness (QED) is 0.870. The van der Waals surface area contributed by atoms with E-state index in [1.165, 1.54) is 6.92 Å². The fourth-order valence-electron chi connectivity index (χ4n) is 2.85. The van der Waals surface area contributed by atoms with Gasteiger partial charge in [-0.1, -0.05) is 6.92 Å². The SMILES string of the molecule is CCN1CCN(c2ccnc(Nc3ccc(NC(C)=O)cc3)n2)CC1. The van der Waals surface area contributed by atoms with E-state index in [1.807, 2.05) is 30.3 Å². The lowest BCUT2D eigenvalue weighted by atomic mass is 10.3. The van der Waals surface area contributed by atoms with Crippen molar-refractivity contribution in [3.63, 3.8) is 0 Å². The van der Waals surface area contributed by atoms with Gasteiger partial charge in [0.05, 0.1) is 0 Å². The summed E-state index contributed by atoms with van der Waals surface area (Å²) in [5.41, 5.74) is 1.64. The fourth-order valence-corrected chi connectivity index (χ4v) is 2.85. The number of piperazine rings is 1. The van der Waals surface area contributed by atoms with Crippen molar-refractivity contribution in [2.75, 3.05) is 48.3 Å². The first-order valence-corrected chi connectivity index (χ1v) is 8.59. The lowest BCUT2D eigenvalue weighted by Gasteiger charge is -2.34. The van der Waals surface area contributed by atoms with Gasteiger partial charge in [0.15, 0.2) is 0 Å². The van der Waals surface area contributed by atoms with Crippen LogP contribution in [0.4, 0.5) is 23.1 Å². The van der Waals surface area contributed by atoms with Crippen LogP contribution in [0.2, 0.25) is 0 Å². The molecule has 1 saturated heterocycles. The van der Waals surface area contributed by atoms with Gasteiger partial charge in [-0.05, 0) is 36.9 Å². The third kappa shape index (κ3) is 4.67. The topological polar surface area (TPSA) is 73.4 Å². The molecule has 1 aromatic carbocycles. The largest absolute Gasteiger partial charge is 0.354 e. The Morgan fingerprint density at radius 2 is 1.76 bits per heavy atom. The van der Waals surface area contributed by atoms with Gasteiger partial charge in [0, 0.05) is 50.7 Å². The van der Waals surface area contributed by atoms with Crippen LogP contribution in [0, 0.1) is 0 Å². The van der Waals surface area contributed by atoms with E-state index in [-0.39, 0.29) is 5.91 Å². The molecule has 1 aromatic heterocycles. The molecule has 1 amide bonds. The van der Waals surface area contributed by atoms with Gasteiger partial charge < -0.3 is 20.4 Å². The second-order valence-corrected chi connectivity index (χ2v) is 6.04. The zero-order valence-corrected chi connectivity index (χ0v) is 14.7. The van der Waals surface area contributed by atoms with Crippen molar-refractivity contribution in [3.05, 3.63) is 36.5 Å². The molecule has 1 fully saturated rings. The summed E-state index contributed by atoms with van der Waals surface area (Å²) in [5, 5.41) is 5.96. The van der Waals surface area contributed by atoms with Crippen LogP contribution in [-0.4, -0.2) is 53.5 Å². The molecule has 25 heavy (non-hydrogen) atoms. The van der Waals surface area contributed by atoms with Crippen molar-refractivity contribution >= 4 is 29.0 Å². The number of hydrogen-bond acceptors (Lipinski definition) is 6.